The van der Waals surface area contributed by atoms with Gasteiger partial charge in [0.2, 0.25) is 5.91 Å². The second-order valence-corrected chi connectivity index (χ2v) is 9.52. The summed E-state index contributed by atoms with van der Waals surface area (Å²) in [5, 5.41) is 3.08. The van der Waals surface area contributed by atoms with Crippen LogP contribution in [0.2, 0.25) is 0 Å². The number of nitrogens with zero attached hydrogens (tertiary/aromatic N) is 1. The number of anilines is 1. The van der Waals surface area contributed by atoms with Gasteiger partial charge in [0.25, 0.3) is 0 Å². The van der Waals surface area contributed by atoms with Gasteiger partial charge in [0.05, 0.1) is 12.0 Å². The van der Waals surface area contributed by atoms with Gasteiger partial charge < -0.3 is 15.0 Å². The van der Waals surface area contributed by atoms with Gasteiger partial charge in [-0.2, -0.15) is 0 Å². The third-order valence-electron chi connectivity index (χ3n) is 7.03. The van der Waals surface area contributed by atoms with Gasteiger partial charge in [-0.15, -0.1) is 0 Å². The lowest BCUT2D eigenvalue weighted by Crippen LogP contribution is -2.38. The van der Waals surface area contributed by atoms with Gasteiger partial charge in [-0.05, 0) is 86.5 Å². The quantitative estimate of drug-likeness (QED) is 0.532. The monoisotopic (exact) mass is 438 g/mol. The first-order chi connectivity index (χ1) is 15.5. The number of ether oxygens (including phenoxy) is 1. The largest absolute Gasteiger partial charge is 0.494 e. The minimum Gasteiger partial charge on any atom is -0.494 e. The lowest BCUT2D eigenvalue weighted by atomic mass is 9.78. The van der Waals surface area contributed by atoms with E-state index >= 15 is 0 Å². The number of benzene rings is 2. The van der Waals surface area contributed by atoms with Crippen LogP contribution in [0.1, 0.15) is 57.4 Å². The van der Waals surface area contributed by atoms with Gasteiger partial charge in [0.15, 0.2) is 0 Å². The molecule has 1 amide bonds. The van der Waals surface area contributed by atoms with E-state index in [0.717, 1.165) is 61.6 Å². The summed E-state index contributed by atoms with van der Waals surface area (Å²) in [6, 6.07) is 14.0. The van der Waals surface area contributed by atoms with Gasteiger partial charge in [0.1, 0.15) is 11.6 Å². The molecule has 2 aromatic carbocycles. The van der Waals surface area contributed by atoms with Crippen LogP contribution in [0.15, 0.2) is 48.5 Å². The second kappa shape index (κ2) is 10.5. The molecule has 2 aromatic rings. The minimum absolute atomic E-state index is 0.00830. The fourth-order valence-electron chi connectivity index (χ4n) is 5.25. The van der Waals surface area contributed by atoms with Crippen LogP contribution in [0, 0.1) is 11.7 Å². The molecule has 1 aliphatic heterocycles. The Balaban J connectivity index is 1.29. The first-order valence-electron chi connectivity index (χ1n) is 12.1. The molecule has 2 aliphatic rings. The van der Waals surface area contributed by atoms with Crippen LogP contribution in [-0.4, -0.2) is 37.0 Å². The normalized spacial score (nSPS) is 20.8. The third-order valence-corrected chi connectivity index (χ3v) is 7.03. The first-order valence-corrected chi connectivity index (χ1v) is 12.1. The van der Waals surface area contributed by atoms with Crippen LogP contribution in [0.4, 0.5) is 10.1 Å². The summed E-state index contributed by atoms with van der Waals surface area (Å²) in [4.78, 5) is 15.8. The number of rotatable bonds is 8. The Hall–Kier alpha value is -2.40. The van der Waals surface area contributed by atoms with E-state index < -0.39 is 5.41 Å². The van der Waals surface area contributed by atoms with Crippen LogP contribution >= 0.6 is 0 Å². The summed E-state index contributed by atoms with van der Waals surface area (Å²) in [6.07, 6.45) is 7.27. The zero-order chi connectivity index (χ0) is 22.4. The molecule has 4 nitrogen and oxygen atoms in total. The number of carbonyl (C=O) groups is 1. The van der Waals surface area contributed by atoms with E-state index in [1.807, 2.05) is 24.3 Å². The van der Waals surface area contributed by atoms with Crippen molar-refractivity contribution in [3.8, 4) is 5.75 Å². The molecule has 1 saturated heterocycles. The van der Waals surface area contributed by atoms with Crippen molar-refractivity contribution in [2.45, 2.75) is 57.3 Å². The average molecular weight is 439 g/mol. The Kier molecular flexibility index (Phi) is 7.46. The smallest absolute Gasteiger partial charge is 0.235 e. The van der Waals surface area contributed by atoms with Crippen molar-refractivity contribution in [2.24, 2.45) is 5.92 Å². The molecule has 0 radical (unpaired) electrons. The van der Waals surface area contributed by atoms with E-state index in [1.54, 1.807) is 12.1 Å². The Morgan fingerprint density at radius 2 is 1.81 bits per heavy atom. The molecule has 1 heterocycles. The number of carbonyl (C=O) groups excluding carboxylic acids is 1. The number of halogens is 1. The maximum Gasteiger partial charge on any atom is 0.235 e. The van der Waals surface area contributed by atoms with Crippen molar-refractivity contribution in [1.29, 1.82) is 0 Å². The molecule has 0 spiro atoms. The van der Waals surface area contributed by atoms with Gasteiger partial charge >= 0.3 is 0 Å². The number of amides is 1. The minimum atomic E-state index is -0.575. The maximum atomic E-state index is 13.4. The van der Waals surface area contributed by atoms with E-state index in [2.05, 4.69) is 17.1 Å². The van der Waals surface area contributed by atoms with Crippen LogP contribution in [0.25, 0.3) is 0 Å². The Morgan fingerprint density at radius 1 is 1.09 bits per heavy atom. The average Bonchev–Trinajstić information content (AvgIpc) is 3.30. The summed E-state index contributed by atoms with van der Waals surface area (Å²) in [7, 11) is 0. The van der Waals surface area contributed by atoms with E-state index in [0.29, 0.717) is 6.61 Å². The molecule has 1 saturated carbocycles. The number of hydrogen-bond acceptors (Lipinski definition) is 3. The van der Waals surface area contributed by atoms with Gasteiger partial charge in [-0.25, -0.2) is 4.39 Å². The zero-order valence-corrected chi connectivity index (χ0v) is 19.1. The molecule has 2 fully saturated rings. The molecule has 0 bridgehead atoms. The van der Waals surface area contributed by atoms with Gasteiger partial charge in [-0.3, -0.25) is 4.79 Å². The highest BCUT2D eigenvalue weighted by molar-refractivity contribution is 5.99. The van der Waals surface area contributed by atoms with E-state index in [9.17, 15) is 9.18 Å². The lowest BCUT2D eigenvalue weighted by Gasteiger charge is -2.30. The van der Waals surface area contributed by atoms with Gasteiger partial charge in [0, 0.05) is 18.8 Å². The Morgan fingerprint density at radius 3 is 2.50 bits per heavy atom. The number of hydrogen-bond donors (Lipinski definition) is 1. The molecular formula is C27H35FN2O2. The number of nitrogens with one attached hydrogen (secondary N) is 1. The highest BCUT2D eigenvalue weighted by Gasteiger charge is 2.42. The highest BCUT2D eigenvalue weighted by Crippen LogP contribution is 2.42. The third kappa shape index (κ3) is 5.50. The fraction of sp³-hybridized carbons (Fsp3) is 0.519. The van der Waals surface area contributed by atoms with Crippen molar-refractivity contribution in [3.05, 3.63) is 59.9 Å². The molecule has 0 unspecified atom stereocenters. The fourth-order valence-corrected chi connectivity index (χ4v) is 5.25. The van der Waals surface area contributed by atoms with Crippen LogP contribution < -0.4 is 10.1 Å². The maximum absolute atomic E-state index is 13.4. The van der Waals surface area contributed by atoms with Crippen molar-refractivity contribution < 1.29 is 13.9 Å². The van der Waals surface area contributed by atoms with Gasteiger partial charge in [-0.1, -0.05) is 31.9 Å². The summed E-state index contributed by atoms with van der Waals surface area (Å²) in [6.45, 7) is 6.53. The zero-order valence-electron chi connectivity index (χ0n) is 19.1. The molecule has 1 N–H and O–H groups in total. The van der Waals surface area contributed by atoms with Crippen LogP contribution in [0.3, 0.4) is 0 Å². The summed E-state index contributed by atoms with van der Waals surface area (Å²) in [5.74, 6) is 1.34. The van der Waals surface area contributed by atoms with Crippen molar-refractivity contribution in [2.75, 3.05) is 31.6 Å². The van der Waals surface area contributed by atoms with Crippen molar-refractivity contribution >= 4 is 11.6 Å². The molecule has 32 heavy (non-hydrogen) atoms. The standard InChI is InChI=1S/C27H35FN2O2/c1-21-6-4-17-30(20-21)18-5-19-32-25-13-11-24(12-14-25)29-26(31)27(15-2-3-16-27)22-7-9-23(28)10-8-22/h7-14,21H,2-6,15-20H2,1H3,(H,29,31)/t21-/m1/s1. The summed E-state index contributed by atoms with van der Waals surface area (Å²) in [5.41, 5.74) is 1.09. The Labute approximate surface area is 191 Å². The topological polar surface area (TPSA) is 41.6 Å². The van der Waals surface area contributed by atoms with E-state index in [1.165, 1.54) is 38.1 Å². The SMILES string of the molecule is C[C@@H]1CCCN(CCCOc2ccc(NC(=O)C3(c4ccc(F)cc4)CCCC3)cc2)C1. The van der Waals surface area contributed by atoms with Crippen LogP contribution in [-0.2, 0) is 10.2 Å². The molecule has 0 aromatic heterocycles. The highest BCUT2D eigenvalue weighted by atomic mass is 19.1. The summed E-state index contributed by atoms with van der Waals surface area (Å²) < 4.78 is 19.3. The Bertz CT molecular complexity index is 876. The molecule has 1 atom stereocenters. The first kappa shape index (κ1) is 22.8. The van der Waals surface area contributed by atoms with E-state index in [4.69, 9.17) is 4.74 Å². The molecule has 1 aliphatic carbocycles. The molecular weight excluding hydrogens is 403 g/mol. The second-order valence-electron chi connectivity index (χ2n) is 9.52. The lowest BCUT2D eigenvalue weighted by molar-refractivity contribution is -0.121. The number of likely N-dealkylation sites (tertiary alicyclic amines) is 1. The van der Waals surface area contributed by atoms with Crippen molar-refractivity contribution in [1.82, 2.24) is 4.90 Å². The molecule has 172 valence electrons. The van der Waals surface area contributed by atoms with Crippen LogP contribution in [0.5, 0.6) is 5.75 Å². The number of piperidine rings is 1. The predicted octanol–water partition coefficient (Wildman–Crippen LogP) is 5.78. The van der Waals surface area contributed by atoms with E-state index in [-0.39, 0.29) is 11.7 Å². The molecule has 4 rings (SSSR count). The predicted molar refractivity (Wildman–Crippen MR) is 127 cm³/mol. The molecule has 5 heteroatoms. The summed E-state index contributed by atoms with van der Waals surface area (Å²) >= 11 is 0. The van der Waals surface area contributed by atoms with Crippen molar-refractivity contribution in [3.63, 3.8) is 0 Å².